The number of fused-ring (bicyclic) bond motifs is 1. The first-order chi connectivity index (χ1) is 10.6. The molecule has 1 aromatic carbocycles. The molecule has 0 fully saturated rings. The first-order valence-electron chi connectivity index (χ1n) is 6.17. The summed E-state index contributed by atoms with van der Waals surface area (Å²) in [6.07, 6.45) is 2.64. The van der Waals surface area contributed by atoms with E-state index in [1.165, 1.54) is 46.0 Å². The van der Waals surface area contributed by atoms with Gasteiger partial charge in [0.2, 0.25) is 0 Å². The Morgan fingerprint density at radius 2 is 2.05 bits per heavy atom. The van der Waals surface area contributed by atoms with Crippen molar-refractivity contribution >= 4 is 16.7 Å². The Bertz CT molecular complexity index is 964. The van der Waals surface area contributed by atoms with Crippen LogP contribution in [0, 0.1) is 21.4 Å². The first-order valence-corrected chi connectivity index (χ1v) is 6.17. The lowest BCUT2D eigenvalue weighted by Gasteiger charge is -2.03. The van der Waals surface area contributed by atoms with Crippen molar-refractivity contribution in [2.75, 3.05) is 0 Å². The van der Waals surface area contributed by atoms with E-state index in [1.807, 2.05) is 6.07 Å². The van der Waals surface area contributed by atoms with E-state index >= 15 is 0 Å². The van der Waals surface area contributed by atoms with Gasteiger partial charge < -0.3 is 0 Å². The summed E-state index contributed by atoms with van der Waals surface area (Å²) in [4.78, 5) is 26.4. The molecule has 0 atom stereocenters. The molecule has 2 aromatic heterocycles. The Morgan fingerprint density at radius 3 is 2.68 bits per heavy atom. The topological polar surface area (TPSA) is 120 Å². The monoisotopic (exact) mass is 296 g/mol. The Labute approximate surface area is 122 Å². The lowest BCUT2D eigenvalue weighted by molar-refractivity contribution is -0.384. The maximum Gasteiger partial charge on any atom is 0.269 e. The minimum atomic E-state index is -0.496. The number of rotatable bonds is 3. The van der Waals surface area contributed by atoms with Crippen LogP contribution >= 0.6 is 0 Å². The zero-order chi connectivity index (χ0) is 15.7. The summed E-state index contributed by atoms with van der Waals surface area (Å²) in [5.74, 6) is 0. The number of nitro benzene ring substituents is 1. The van der Waals surface area contributed by atoms with Crippen molar-refractivity contribution in [3.05, 3.63) is 57.3 Å². The van der Waals surface area contributed by atoms with E-state index in [-0.39, 0.29) is 23.2 Å². The number of nitrogens with zero attached hydrogens (tertiary/aromatic N) is 6. The van der Waals surface area contributed by atoms with Gasteiger partial charge in [-0.15, -0.1) is 0 Å². The molecule has 0 aliphatic rings. The Kier molecular flexibility index (Phi) is 3.12. The molecule has 3 aromatic rings. The van der Waals surface area contributed by atoms with Crippen molar-refractivity contribution in [3.63, 3.8) is 0 Å². The minimum Gasteiger partial charge on any atom is -0.285 e. The molecule has 0 bridgehead atoms. The molecule has 0 saturated carbocycles. The van der Waals surface area contributed by atoms with Gasteiger partial charge in [0.1, 0.15) is 18.3 Å². The lowest BCUT2D eigenvalue weighted by Crippen LogP contribution is -2.19. The molecular weight excluding hydrogens is 288 g/mol. The summed E-state index contributed by atoms with van der Waals surface area (Å²) >= 11 is 0. The summed E-state index contributed by atoms with van der Waals surface area (Å²) in [6.45, 7) is -0.0928. The van der Waals surface area contributed by atoms with Gasteiger partial charge in [0, 0.05) is 12.1 Å². The molecule has 9 heteroatoms. The van der Waals surface area contributed by atoms with Crippen molar-refractivity contribution in [1.29, 1.82) is 5.26 Å². The normalized spacial score (nSPS) is 10.5. The summed E-state index contributed by atoms with van der Waals surface area (Å²) < 4.78 is 2.60. The van der Waals surface area contributed by atoms with E-state index in [2.05, 4.69) is 10.1 Å². The number of nitro groups is 1. The molecule has 0 aliphatic carbocycles. The summed E-state index contributed by atoms with van der Waals surface area (Å²) in [5.41, 5.74) is 0.475. The van der Waals surface area contributed by atoms with Gasteiger partial charge in [-0.05, 0) is 12.1 Å². The zero-order valence-corrected chi connectivity index (χ0v) is 11.1. The van der Waals surface area contributed by atoms with E-state index in [1.54, 1.807) is 0 Å². The summed E-state index contributed by atoms with van der Waals surface area (Å²) in [6, 6.07) is 7.61. The van der Waals surface area contributed by atoms with Crippen LogP contribution in [0.25, 0.3) is 16.7 Å². The zero-order valence-electron chi connectivity index (χ0n) is 11.1. The predicted molar refractivity (Wildman–Crippen MR) is 75.4 cm³/mol. The summed E-state index contributed by atoms with van der Waals surface area (Å²) in [7, 11) is 0. The standard InChI is InChI=1S/C13H8N6O3/c14-5-6-17-8-15-12-11(13(17)20)7-16-18(12)9-1-3-10(4-2-9)19(21)22/h1-4,7-8H,6H2. The van der Waals surface area contributed by atoms with Crippen LogP contribution in [0.2, 0.25) is 0 Å². The van der Waals surface area contributed by atoms with E-state index in [9.17, 15) is 14.9 Å². The van der Waals surface area contributed by atoms with Crippen LogP contribution in [0.5, 0.6) is 0 Å². The quantitative estimate of drug-likeness (QED) is 0.525. The van der Waals surface area contributed by atoms with E-state index in [0.29, 0.717) is 11.3 Å². The van der Waals surface area contributed by atoms with Gasteiger partial charge in [-0.25, -0.2) is 9.67 Å². The maximum atomic E-state index is 12.1. The molecule has 0 N–H and O–H groups in total. The fraction of sp³-hybridized carbons (Fsp3) is 0.0769. The van der Waals surface area contributed by atoms with Gasteiger partial charge in [-0.3, -0.25) is 19.5 Å². The highest BCUT2D eigenvalue weighted by molar-refractivity contribution is 5.75. The number of non-ortho nitro benzene ring substituents is 1. The molecule has 0 radical (unpaired) electrons. The van der Waals surface area contributed by atoms with E-state index < -0.39 is 4.92 Å². The van der Waals surface area contributed by atoms with Gasteiger partial charge in [-0.2, -0.15) is 10.4 Å². The lowest BCUT2D eigenvalue weighted by atomic mass is 10.3. The summed E-state index contributed by atoms with van der Waals surface area (Å²) in [5, 5.41) is 23.7. The number of hydrogen-bond donors (Lipinski definition) is 0. The van der Waals surface area contributed by atoms with Crippen LogP contribution in [-0.2, 0) is 6.54 Å². The highest BCUT2D eigenvalue weighted by Gasteiger charge is 2.12. The van der Waals surface area contributed by atoms with Crippen LogP contribution in [0.1, 0.15) is 0 Å². The molecule has 9 nitrogen and oxygen atoms in total. The second-order valence-electron chi connectivity index (χ2n) is 4.40. The molecule has 0 amide bonds. The van der Waals surface area contributed by atoms with Crippen molar-refractivity contribution < 1.29 is 4.92 Å². The van der Waals surface area contributed by atoms with Crippen LogP contribution in [0.15, 0.2) is 41.6 Å². The molecule has 22 heavy (non-hydrogen) atoms. The van der Waals surface area contributed by atoms with Gasteiger partial charge in [0.25, 0.3) is 11.2 Å². The Hall–Kier alpha value is -3.54. The third kappa shape index (κ3) is 2.08. The predicted octanol–water partition coefficient (Wildman–Crippen LogP) is 1.01. The smallest absolute Gasteiger partial charge is 0.269 e. The average Bonchev–Trinajstić information content (AvgIpc) is 2.95. The highest BCUT2D eigenvalue weighted by atomic mass is 16.6. The van der Waals surface area contributed by atoms with Crippen molar-refractivity contribution in [2.45, 2.75) is 6.54 Å². The molecule has 3 rings (SSSR count). The molecule has 2 heterocycles. The Balaban J connectivity index is 2.13. The highest BCUT2D eigenvalue weighted by Crippen LogP contribution is 2.17. The molecule has 108 valence electrons. The third-order valence-electron chi connectivity index (χ3n) is 3.10. The van der Waals surface area contributed by atoms with Crippen LogP contribution < -0.4 is 5.56 Å². The van der Waals surface area contributed by atoms with Crippen molar-refractivity contribution in [1.82, 2.24) is 19.3 Å². The van der Waals surface area contributed by atoms with Gasteiger partial charge in [-0.1, -0.05) is 0 Å². The molecule has 0 unspecified atom stereocenters. The van der Waals surface area contributed by atoms with Gasteiger partial charge >= 0.3 is 0 Å². The van der Waals surface area contributed by atoms with Crippen molar-refractivity contribution in [2.24, 2.45) is 0 Å². The number of aromatic nitrogens is 4. The van der Waals surface area contributed by atoms with E-state index in [4.69, 9.17) is 5.26 Å². The molecule has 0 saturated heterocycles. The number of nitriles is 1. The molecule has 0 spiro atoms. The fourth-order valence-corrected chi connectivity index (χ4v) is 2.04. The van der Waals surface area contributed by atoms with Crippen molar-refractivity contribution in [3.8, 4) is 11.8 Å². The number of benzene rings is 1. The largest absolute Gasteiger partial charge is 0.285 e. The molecular formula is C13H8N6O3. The van der Waals surface area contributed by atoms with E-state index in [0.717, 1.165) is 0 Å². The first kappa shape index (κ1) is 13.4. The second kappa shape index (κ2) is 5.10. The average molecular weight is 296 g/mol. The SMILES string of the molecule is N#CCn1cnc2c(cnn2-c2ccc([N+](=O)[O-])cc2)c1=O. The fourth-order valence-electron chi connectivity index (χ4n) is 2.04. The number of hydrogen-bond acceptors (Lipinski definition) is 6. The second-order valence-corrected chi connectivity index (χ2v) is 4.40. The van der Waals surface area contributed by atoms with Crippen LogP contribution in [0.4, 0.5) is 5.69 Å². The van der Waals surface area contributed by atoms with Crippen LogP contribution in [0.3, 0.4) is 0 Å². The molecule has 0 aliphatic heterocycles. The van der Waals surface area contributed by atoms with Gasteiger partial charge in [0.15, 0.2) is 5.65 Å². The Morgan fingerprint density at radius 1 is 1.32 bits per heavy atom. The van der Waals surface area contributed by atoms with Crippen LogP contribution in [-0.4, -0.2) is 24.3 Å². The maximum absolute atomic E-state index is 12.1. The third-order valence-corrected chi connectivity index (χ3v) is 3.10. The van der Waals surface area contributed by atoms with Gasteiger partial charge in [0.05, 0.1) is 22.9 Å². The minimum absolute atomic E-state index is 0.0375.